The van der Waals surface area contributed by atoms with Gasteiger partial charge >= 0.3 is 0 Å². The second kappa shape index (κ2) is 5.38. The van der Waals surface area contributed by atoms with Crippen LogP contribution >= 0.6 is 27.5 Å². The first-order valence-electron chi connectivity index (χ1n) is 5.98. The minimum absolute atomic E-state index is 0.403. The van der Waals surface area contributed by atoms with Crippen LogP contribution in [0.5, 0.6) is 11.6 Å². The van der Waals surface area contributed by atoms with E-state index in [1.54, 1.807) is 0 Å². The van der Waals surface area contributed by atoms with Crippen LogP contribution in [0.3, 0.4) is 0 Å². The number of ether oxygens (including phenoxy) is 1. The Labute approximate surface area is 129 Å². The molecule has 5 heteroatoms. The molecule has 1 aromatic heterocycles. The van der Waals surface area contributed by atoms with Crippen molar-refractivity contribution >= 4 is 38.3 Å². The average Bonchev–Trinajstić information content (AvgIpc) is 2.44. The molecule has 0 saturated heterocycles. The molecule has 100 valence electrons. The van der Waals surface area contributed by atoms with Gasteiger partial charge in [0.05, 0.1) is 0 Å². The van der Waals surface area contributed by atoms with Gasteiger partial charge in [0, 0.05) is 10.0 Å². The summed E-state index contributed by atoms with van der Waals surface area (Å²) in [6, 6.07) is 12.0. The SMILES string of the molecule is Cc1c(Cl)ncnc1Oc1ccc2cc(Br)ccc2c1. The molecule has 0 atom stereocenters. The van der Waals surface area contributed by atoms with E-state index in [9.17, 15) is 0 Å². The number of hydrogen-bond acceptors (Lipinski definition) is 3. The molecule has 0 unspecified atom stereocenters. The highest BCUT2D eigenvalue weighted by Gasteiger charge is 2.07. The molecule has 0 amide bonds. The lowest BCUT2D eigenvalue weighted by Gasteiger charge is -2.08. The fourth-order valence-corrected chi connectivity index (χ4v) is 2.39. The summed E-state index contributed by atoms with van der Waals surface area (Å²) in [6.45, 7) is 1.83. The predicted molar refractivity (Wildman–Crippen MR) is 83.5 cm³/mol. The molecule has 0 fully saturated rings. The van der Waals surface area contributed by atoms with Crippen LogP contribution in [0.2, 0.25) is 5.15 Å². The summed E-state index contributed by atoms with van der Waals surface area (Å²) in [7, 11) is 0. The number of hydrogen-bond donors (Lipinski definition) is 0. The molecule has 1 heterocycles. The van der Waals surface area contributed by atoms with Gasteiger partial charge in [0.2, 0.25) is 5.88 Å². The van der Waals surface area contributed by atoms with Crippen LogP contribution in [0.25, 0.3) is 10.8 Å². The van der Waals surface area contributed by atoms with E-state index in [-0.39, 0.29) is 0 Å². The molecule has 0 N–H and O–H groups in total. The summed E-state index contributed by atoms with van der Waals surface area (Å²) in [5.41, 5.74) is 0.727. The maximum atomic E-state index is 5.96. The predicted octanol–water partition coefficient (Wildman–Crippen LogP) is 5.15. The standard InChI is InChI=1S/C15H10BrClN2O/c1-9-14(17)18-8-19-15(9)20-13-5-3-10-6-12(16)4-2-11(10)7-13/h2-8H,1H3. The third-order valence-electron chi connectivity index (χ3n) is 2.96. The molecule has 2 aromatic carbocycles. The van der Waals surface area contributed by atoms with E-state index in [0.717, 1.165) is 26.6 Å². The second-order valence-electron chi connectivity index (χ2n) is 4.35. The zero-order valence-electron chi connectivity index (χ0n) is 10.6. The van der Waals surface area contributed by atoms with E-state index in [1.807, 2.05) is 37.3 Å². The number of rotatable bonds is 2. The summed E-state index contributed by atoms with van der Waals surface area (Å²) in [5, 5.41) is 2.65. The van der Waals surface area contributed by atoms with E-state index < -0.39 is 0 Å². The fourth-order valence-electron chi connectivity index (χ4n) is 1.89. The third-order valence-corrected chi connectivity index (χ3v) is 3.84. The molecule has 0 radical (unpaired) electrons. The van der Waals surface area contributed by atoms with E-state index in [0.29, 0.717) is 11.0 Å². The quantitative estimate of drug-likeness (QED) is 0.600. The Balaban J connectivity index is 1.99. The first-order valence-corrected chi connectivity index (χ1v) is 7.15. The van der Waals surface area contributed by atoms with Gasteiger partial charge in [0.25, 0.3) is 0 Å². The van der Waals surface area contributed by atoms with Crippen molar-refractivity contribution in [2.24, 2.45) is 0 Å². The molecule has 0 aliphatic heterocycles. The van der Waals surface area contributed by atoms with Gasteiger partial charge in [-0.05, 0) is 42.0 Å². The first-order chi connectivity index (χ1) is 9.63. The Bertz CT molecular complexity index is 792. The lowest BCUT2D eigenvalue weighted by atomic mass is 10.1. The number of fused-ring (bicyclic) bond motifs is 1. The Morgan fingerprint density at radius 1 is 1.05 bits per heavy atom. The minimum Gasteiger partial charge on any atom is -0.439 e. The summed E-state index contributed by atoms with van der Waals surface area (Å²) in [4.78, 5) is 8.01. The fraction of sp³-hybridized carbons (Fsp3) is 0.0667. The monoisotopic (exact) mass is 348 g/mol. The van der Waals surface area contributed by atoms with Crippen molar-refractivity contribution in [3.63, 3.8) is 0 Å². The topological polar surface area (TPSA) is 35.0 Å². The molecular formula is C15H10BrClN2O. The number of aromatic nitrogens is 2. The van der Waals surface area contributed by atoms with E-state index >= 15 is 0 Å². The molecular weight excluding hydrogens is 340 g/mol. The maximum Gasteiger partial charge on any atom is 0.226 e. The maximum absolute atomic E-state index is 5.96. The minimum atomic E-state index is 0.403. The molecule has 0 spiro atoms. The lowest BCUT2D eigenvalue weighted by Crippen LogP contribution is -1.93. The molecule has 0 bridgehead atoms. The van der Waals surface area contributed by atoms with Gasteiger partial charge in [-0.2, -0.15) is 0 Å². The molecule has 3 nitrogen and oxygen atoms in total. The van der Waals surface area contributed by atoms with Gasteiger partial charge in [0.1, 0.15) is 17.2 Å². The van der Waals surface area contributed by atoms with Crippen LogP contribution in [0.1, 0.15) is 5.56 Å². The van der Waals surface area contributed by atoms with Crippen LogP contribution < -0.4 is 4.74 Å². The van der Waals surface area contributed by atoms with E-state index in [1.165, 1.54) is 6.33 Å². The van der Waals surface area contributed by atoms with Crippen LogP contribution in [0.15, 0.2) is 47.2 Å². The lowest BCUT2D eigenvalue weighted by molar-refractivity contribution is 0.458. The third kappa shape index (κ3) is 2.62. The Hall–Kier alpha value is -1.65. The highest BCUT2D eigenvalue weighted by Crippen LogP contribution is 2.29. The van der Waals surface area contributed by atoms with Crippen LogP contribution in [-0.4, -0.2) is 9.97 Å². The van der Waals surface area contributed by atoms with Crippen molar-refractivity contribution in [2.45, 2.75) is 6.92 Å². The van der Waals surface area contributed by atoms with Gasteiger partial charge in [-0.3, -0.25) is 0 Å². The zero-order valence-corrected chi connectivity index (χ0v) is 12.9. The van der Waals surface area contributed by atoms with Crippen molar-refractivity contribution in [2.75, 3.05) is 0 Å². The van der Waals surface area contributed by atoms with Gasteiger partial charge < -0.3 is 4.74 Å². The summed E-state index contributed by atoms with van der Waals surface area (Å²) in [5.74, 6) is 1.19. The van der Waals surface area contributed by atoms with Gasteiger partial charge in [-0.15, -0.1) is 0 Å². The summed E-state index contributed by atoms with van der Waals surface area (Å²) < 4.78 is 6.83. The normalized spacial score (nSPS) is 10.8. The van der Waals surface area contributed by atoms with Crippen LogP contribution in [0, 0.1) is 6.92 Å². The first kappa shape index (κ1) is 13.3. The van der Waals surface area contributed by atoms with E-state index in [2.05, 4.69) is 32.0 Å². The highest BCUT2D eigenvalue weighted by atomic mass is 79.9. The van der Waals surface area contributed by atoms with Crippen LogP contribution in [0.4, 0.5) is 0 Å². The number of benzene rings is 2. The van der Waals surface area contributed by atoms with Crippen molar-refractivity contribution in [1.29, 1.82) is 0 Å². The van der Waals surface area contributed by atoms with Crippen molar-refractivity contribution in [3.05, 3.63) is 57.9 Å². The Morgan fingerprint density at radius 2 is 1.80 bits per heavy atom. The van der Waals surface area contributed by atoms with Crippen molar-refractivity contribution < 1.29 is 4.74 Å². The summed E-state index contributed by atoms with van der Waals surface area (Å²) in [6.07, 6.45) is 1.39. The van der Waals surface area contributed by atoms with Crippen molar-refractivity contribution in [3.8, 4) is 11.6 Å². The van der Waals surface area contributed by atoms with Crippen LogP contribution in [-0.2, 0) is 0 Å². The Kier molecular flexibility index (Phi) is 3.59. The zero-order chi connectivity index (χ0) is 14.1. The number of halogens is 2. The molecule has 3 rings (SSSR count). The molecule has 0 aliphatic rings. The average molecular weight is 350 g/mol. The van der Waals surface area contributed by atoms with Gasteiger partial charge in [0.15, 0.2) is 0 Å². The summed E-state index contributed by atoms with van der Waals surface area (Å²) >= 11 is 9.42. The molecule has 0 saturated carbocycles. The van der Waals surface area contributed by atoms with Gasteiger partial charge in [-0.1, -0.05) is 39.7 Å². The second-order valence-corrected chi connectivity index (χ2v) is 5.62. The number of nitrogens with zero attached hydrogens (tertiary/aromatic N) is 2. The molecule has 3 aromatic rings. The molecule has 0 aliphatic carbocycles. The molecule has 20 heavy (non-hydrogen) atoms. The van der Waals surface area contributed by atoms with Crippen molar-refractivity contribution in [1.82, 2.24) is 9.97 Å². The largest absolute Gasteiger partial charge is 0.439 e. The Morgan fingerprint density at radius 3 is 2.65 bits per heavy atom. The highest BCUT2D eigenvalue weighted by molar-refractivity contribution is 9.10. The van der Waals surface area contributed by atoms with E-state index in [4.69, 9.17) is 16.3 Å². The van der Waals surface area contributed by atoms with Gasteiger partial charge in [-0.25, -0.2) is 9.97 Å². The smallest absolute Gasteiger partial charge is 0.226 e.